The number of ether oxygens (including phenoxy) is 1. The molecule has 0 aliphatic carbocycles. The third-order valence-electron chi connectivity index (χ3n) is 2.34. The molecule has 1 rings (SSSR count). The first-order chi connectivity index (χ1) is 5.86. The molecule has 12 heavy (non-hydrogen) atoms. The van der Waals surface area contributed by atoms with Gasteiger partial charge in [0.2, 0.25) is 0 Å². The van der Waals surface area contributed by atoms with Crippen molar-refractivity contribution in [3.05, 3.63) is 0 Å². The van der Waals surface area contributed by atoms with E-state index >= 15 is 0 Å². The van der Waals surface area contributed by atoms with Crippen molar-refractivity contribution in [1.29, 1.82) is 0 Å². The zero-order valence-corrected chi connectivity index (χ0v) is 7.68. The van der Waals surface area contributed by atoms with Crippen molar-refractivity contribution < 1.29 is 4.74 Å². The summed E-state index contributed by atoms with van der Waals surface area (Å²) in [5, 5.41) is 3.21. The Bertz CT molecular complexity index is 156. The Morgan fingerprint density at radius 3 is 3.08 bits per heavy atom. The summed E-state index contributed by atoms with van der Waals surface area (Å²) in [4.78, 5) is 0. The van der Waals surface area contributed by atoms with Crippen LogP contribution >= 0.6 is 0 Å². The highest BCUT2D eigenvalue weighted by atomic mass is 16.5. The Hall–Kier alpha value is -0.520. The molecule has 1 saturated heterocycles. The van der Waals surface area contributed by atoms with Gasteiger partial charge < -0.3 is 10.1 Å². The second-order valence-corrected chi connectivity index (χ2v) is 3.26. The zero-order valence-electron chi connectivity index (χ0n) is 7.68. The van der Waals surface area contributed by atoms with Crippen molar-refractivity contribution in [1.82, 2.24) is 5.32 Å². The zero-order chi connectivity index (χ0) is 8.81. The summed E-state index contributed by atoms with van der Waals surface area (Å²) in [5.74, 6) is 2.67. The second kappa shape index (κ2) is 5.18. The summed E-state index contributed by atoms with van der Waals surface area (Å²) in [6, 6.07) is 0.429. The summed E-state index contributed by atoms with van der Waals surface area (Å²) < 4.78 is 5.52. The van der Waals surface area contributed by atoms with E-state index in [0.29, 0.717) is 12.1 Å². The monoisotopic (exact) mass is 167 g/mol. The van der Waals surface area contributed by atoms with Gasteiger partial charge in [-0.2, -0.15) is 0 Å². The SMILES string of the molecule is C#CCC(CC1CCCO1)NC. The van der Waals surface area contributed by atoms with Crippen LogP contribution < -0.4 is 5.32 Å². The van der Waals surface area contributed by atoms with Crippen molar-refractivity contribution in [3.63, 3.8) is 0 Å². The molecule has 68 valence electrons. The fourth-order valence-corrected chi connectivity index (χ4v) is 1.59. The minimum Gasteiger partial charge on any atom is -0.378 e. The summed E-state index contributed by atoms with van der Waals surface area (Å²) >= 11 is 0. The summed E-state index contributed by atoms with van der Waals surface area (Å²) in [5.41, 5.74) is 0. The Morgan fingerprint density at radius 2 is 2.58 bits per heavy atom. The minimum atomic E-state index is 0.429. The lowest BCUT2D eigenvalue weighted by Gasteiger charge is -2.17. The van der Waals surface area contributed by atoms with E-state index in [1.807, 2.05) is 7.05 Å². The Balaban J connectivity index is 2.21. The highest BCUT2D eigenvalue weighted by Gasteiger charge is 2.18. The van der Waals surface area contributed by atoms with Crippen LogP contribution in [0.1, 0.15) is 25.7 Å². The lowest BCUT2D eigenvalue weighted by Crippen LogP contribution is -2.29. The van der Waals surface area contributed by atoms with Crippen LogP contribution in [-0.2, 0) is 4.74 Å². The second-order valence-electron chi connectivity index (χ2n) is 3.26. The van der Waals surface area contributed by atoms with Crippen LogP contribution in [0.15, 0.2) is 0 Å². The predicted octanol–water partition coefficient (Wildman–Crippen LogP) is 1.17. The average Bonchev–Trinajstić information content (AvgIpc) is 2.56. The van der Waals surface area contributed by atoms with E-state index in [2.05, 4.69) is 11.2 Å². The molecule has 1 aliphatic heterocycles. The van der Waals surface area contributed by atoms with E-state index in [9.17, 15) is 0 Å². The first kappa shape index (κ1) is 9.57. The molecule has 2 unspecified atom stereocenters. The molecule has 1 N–H and O–H groups in total. The van der Waals surface area contributed by atoms with Gasteiger partial charge in [0, 0.05) is 19.1 Å². The maximum atomic E-state index is 5.52. The van der Waals surface area contributed by atoms with Gasteiger partial charge in [0.15, 0.2) is 0 Å². The number of rotatable bonds is 4. The first-order valence-corrected chi connectivity index (χ1v) is 4.59. The van der Waals surface area contributed by atoms with Crippen LogP contribution in [-0.4, -0.2) is 25.8 Å². The van der Waals surface area contributed by atoms with Gasteiger partial charge in [-0.3, -0.25) is 0 Å². The van der Waals surface area contributed by atoms with E-state index in [-0.39, 0.29) is 0 Å². The van der Waals surface area contributed by atoms with Crippen molar-refractivity contribution in [2.75, 3.05) is 13.7 Å². The number of hydrogen-bond acceptors (Lipinski definition) is 2. The standard InChI is InChI=1S/C10H17NO/c1-3-5-9(11-2)8-10-6-4-7-12-10/h1,9-11H,4-8H2,2H3. The smallest absolute Gasteiger partial charge is 0.0591 e. The molecule has 0 aromatic heterocycles. The summed E-state index contributed by atoms with van der Waals surface area (Å²) in [7, 11) is 1.96. The molecule has 1 heterocycles. The summed E-state index contributed by atoms with van der Waals surface area (Å²) in [6.07, 6.45) is 9.95. The van der Waals surface area contributed by atoms with Crippen molar-refractivity contribution in [2.45, 2.75) is 37.8 Å². The molecule has 1 fully saturated rings. The number of nitrogens with one attached hydrogen (secondary N) is 1. The van der Waals surface area contributed by atoms with E-state index in [1.165, 1.54) is 12.8 Å². The Morgan fingerprint density at radius 1 is 1.75 bits per heavy atom. The van der Waals surface area contributed by atoms with Crippen LogP contribution in [0.4, 0.5) is 0 Å². The molecular formula is C10H17NO. The minimum absolute atomic E-state index is 0.429. The molecule has 0 spiro atoms. The lowest BCUT2D eigenvalue weighted by atomic mass is 10.0. The largest absolute Gasteiger partial charge is 0.378 e. The van der Waals surface area contributed by atoms with Crippen molar-refractivity contribution >= 4 is 0 Å². The van der Waals surface area contributed by atoms with Gasteiger partial charge in [0.25, 0.3) is 0 Å². The molecular weight excluding hydrogens is 150 g/mol. The van der Waals surface area contributed by atoms with Crippen LogP contribution in [0.2, 0.25) is 0 Å². The first-order valence-electron chi connectivity index (χ1n) is 4.59. The third kappa shape index (κ3) is 2.84. The molecule has 0 aromatic rings. The van der Waals surface area contributed by atoms with E-state index in [0.717, 1.165) is 19.4 Å². The maximum absolute atomic E-state index is 5.52. The number of terminal acetylenes is 1. The normalized spacial score (nSPS) is 25.2. The molecule has 2 nitrogen and oxygen atoms in total. The van der Waals surface area contributed by atoms with Gasteiger partial charge in [0.05, 0.1) is 6.10 Å². The van der Waals surface area contributed by atoms with Crippen LogP contribution in [0.25, 0.3) is 0 Å². The average molecular weight is 167 g/mol. The lowest BCUT2D eigenvalue weighted by molar-refractivity contribution is 0.0958. The Labute approximate surface area is 74.7 Å². The highest BCUT2D eigenvalue weighted by Crippen LogP contribution is 2.17. The van der Waals surface area contributed by atoms with Crippen LogP contribution in [0.5, 0.6) is 0 Å². The number of hydrogen-bond donors (Lipinski definition) is 1. The summed E-state index contributed by atoms with van der Waals surface area (Å²) in [6.45, 7) is 0.928. The fourth-order valence-electron chi connectivity index (χ4n) is 1.59. The van der Waals surface area contributed by atoms with Crippen molar-refractivity contribution in [2.24, 2.45) is 0 Å². The van der Waals surface area contributed by atoms with Gasteiger partial charge in [-0.1, -0.05) is 0 Å². The maximum Gasteiger partial charge on any atom is 0.0591 e. The molecule has 2 heteroatoms. The van der Waals surface area contributed by atoms with Gasteiger partial charge >= 0.3 is 0 Å². The third-order valence-corrected chi connectivity index (χ3v) is 2.34. The van der Waals surface area contributed by atoms with Gasteiger partial charge in [-0.05, 0) is 26.3 Å². The predicted molar refractivity (Wildman–Crippen MR) is 49.9 cm³/mol. The van der Waals surface area contributed by atoms with E-state index < -0.39 is 0 Å². The molecule has 0 saturated carbocycles. The molecule has 0 radical (unpaired) electrons. The van der Waals surface area contributed by atoms with Gasteiger partial charge in [0.1, 0.15) is 0 Å². The van der Waals surface area contributed by atoms with Crippen LogP contribution in [0, 0.1) is 12.3 Å². The van der Waals surface area contributed by atoms with E-state index in [1.54, 1.807) is 0 Å². The molecule has 2 atom stereocenters. The quantitative estimate of drug-likeness (QED) is 0.635. The Kier molecular flexibility index (Phi) is 4.13. The van der Waals surface area contributed by atoms with E-state index in [4.69, 9.17) is 11.2 Å². The molecule has 0 amide bonds. The van der Waals surface area contributed by atoms with Crippen molar-refractivity contribution in [3.8, 4) is 12.3 Å². The molecule has 1 aliphatic rings. The topological polar surface area (TPSA) is 21.3 Å². The molecule has 0 aromatic carbocycles. The van der Waals surface area contributed by atoms with Crippen LogP contribution in [0.3, 0.4) is 0 Å². The van der Waals surface area contributed by atoms with Gasteiger partial charge in [-0.25, -0.2) is 0 Å². The van der Waals surface area contributed by atoms with Gasteiger partial charge in [-0.15, -0.1) is 12.3 Å². The fraction of sp³-hybridized carbons (Fsp3) is 0.800. The molecule has 0 bridgehead atoms. The highest BCUT2D eigenvalue weighted by molar-refractivity contribution is 4.90.